The predicted molar refractivity (Wildman–Crippen MR) is 81.8 cm³/mol. The standard InChI is InChI=1S/C13H20N2O2S2/c1-4-5-8-15(3)19(16,17)11-6-7-12(13(14)18)10(2)9-11/h6-7,9H,4-5,8H2,1-3H3,(H2,14,18). The van der Waals surface area contributed by atoms with Gasteiger partial charge in [-0.3, -0.25) is 0 Å². The maximum absolute atomic E-state index is 12.3. The van der Waals surface area contributed by atoms with Gasteiger partial charge < -0.3 is 5.73 Å². The smallest absolute Gasteiger partial charge is 0.242 e. The minimum atomic E-state index is -3.43. The number of thiocarbonyl (C=S) groups is 1. The summed E-state index contributed by atoms with van der Waals surface area (Å²) in [6, 6.07) is 4.84. The Morgan fingerprint density at radius 3 is 2.53 bits per heavy atom. The van der Waals surface area contributed by atoms with E-state index < -0.39 is 10.0 Å². The van der Waals surface area contributed by atoms with Crippen molar-refractivity contribution < 1.29 is 8.42 Å². The molecule has 0 amide bonds. The van der Waals surface area contributed by atoms with Crippen LogP contribution in [0.25, 0.3) is 0 Å². The lowest BCUT2D eigenvalue weighted by Gasteiger charge is -2.17. The van der Waals surface area contributed by atoms with Gasteiger partial charge in [0.05, 0.1) is 4.90 Å². The number of hydrogen-bond acceptors (Lipinski definition) is 3. The molecule has 0 radical (unpaired) electrons. The van der Waals surface area contributed by atoms with Crippen molar-refractivity contribution in [1.82, 2.24) is 4.31 Å². The molecule has 2 N–H and O–H groups in total. The molecule has 0 fully saturated rings. The molecule has 0 saturated heterocycles. The fourth-order valence-corrected chi connectivity index (χ4v) is 3.28. The zero-order chi connectivity index (χ0) is 14.6. The first-order chi connectivity index (χ1) is 8.80. The number of hydrogen-bond donors (Lipinski definition) is 1. The Balaban J connectivity index is 3.09. The second kappa shape index (κ2) is 6.45. The van der Waals surface area contributed by atoms with Gasteiger partial charge >= 0.3 is 0 Å². The molecule has 0 aliphatic heterocycles. The number of nitrogens with two attached hydrogens (primary N) is 1. The van der Waals surface area contributed by atoms with Crippen LogP contribution in [0.5, 0.6) is 0 Å². The van der Waals surface area contributed by atoms with Crippen LogP contribution in [0.2, 0.25) is 0 Å². The molecule has 6 heteroatoms. The van der Waals surface area contributed by atoms with Crippen molar-refractivity contribution in [1.29, 1.82) is 0 Å². The van der Waals surface area contributed by atoms with Crippen LogP contribution in [0.4, 0.5) is 0 Å². The molecule has 1 aromatic carbocycles. The third-order valence-electron chi connectivity index (χ3n) is 3.00. The first-order valence-corrected chi connectivity index (χ1v) is 8.02. The molecule has 4 nitrogen and oxygen atoms in total. The second-order valence-electron chi connectivity index (χ2n) is 4.52. The predicted octanol–water partition coefficient (Wildman–Crippen LogP) is 2.05. The number of benzene rings is 1. The van der Waals surface area contributed by atoms with Crippen molar-refractivity contribution in [2.45, 2.75) is 31.6 Å². The van der Waals surface area contributed by atoms with E-state index in [2.05, 4.69) is 0 Å². The van der Waals surface area contributed by atoms with Gasteiger partial charge in [-0.05, 0) is 31.0 Å². The van der Waals surface area contributed by atoms with Crippen LogP contribution < -0.4 is 5.73 Å². The SMILES string of the molecule is CCCCN(C)S(=O)(=O)c1ccc(C(N)=S)c(C)c1. The summed E-state index contributed by atoms with van der Waals surface area (Å²) in [5.74, 6) is 0. The molecule has 0 heterocycles. The highest BCUT2D eigenvalue weighted by Gasteiger charge is 2.20. The zero-order valence-electron chi connectivity index (χ0n) is 11.5. The Morgan fingerprint density at radius 1 is 1.42 bits per heavy atom. The van der Waals surface area contributed by atoms with Gasteiger partial charge in [-0.15, -0.1) is 0 Å². The molecule has 0 unspecified atom stereocenters. The van der Waals surface area contributed by atoms with Gasteiger partial charge in [-0.2, -0.15) is 0 Å². The number of unbranched alkanes of at least 4 members (excludes halogenated alkanes) is 1. The van der Waals surface area contributed by atoms with Gasteiger partial charge in [0.25, 0.3) is 0 Å². The molecular formula is C13H20N2O2S2. The van der Waals surface area contributed by atoms with E-state index in [4.69, 9.17) is 18.0 Å². The number of nitrogens with zero attached hydrogens (tertiary/aromatic N) is 1. The molecule has 0 aliphatic rings. The number of rotatable bonds is 6. The van der Waals surface area contributed by atoms with Gasteiger partial charge in [-0.1, -0.05) is 31.6 Å². The fraction of sp³-hybridized carbons (Fsp3) is 0.462. The molecule has 106 valence electrons. The van der Waals surface area contributed by atoms with Crippen LogP contribution in [-0.2, 0) is 10.0 Å². The molecule has 0 saturated carbocycles. The summed E-state index contributed by atoms with van der Waals surface area (Å²) < 4.78 is 26.0. The van der Waals surface area contributed by atoms with Gasteiger partial charge in [-0.25, -0.2) is 12.7 Å². The minimum Gasteiger partial charge on any atom is -0.389 e. The summed E-state index contributed by atoms with van der Waals surface area (Å²) in [5.41, 5.74) is 7.06. The average Bonchev–Trinajstić information content (AvgIpc) is 2.35. The Hall–Kier alpha value is -0.980. The lowest BCUT2D eigenvalue weighted by Crippen LogP contribution is -2.28. The Morgan fingerprint density at radius 2 is 2.05 bits per heavy atom. The monoisotopic (exact) mass is 300 g/mol. The molecule has 1 rings (SSSR count). The average molecular weight is 300 g/mol. The van der Waals surface area contributed by atoms with Crippen LogP contribution in [-0.4, -0.2) is 31.3 Å². The third-order valence-corrected chi connectivity index (χ3v) is 5.07. The summed E-state index contributed by atoms with van der Waals surface area (Å²) in [4.78, 5) is 0.560. The van der Waals surface area contributed by atoms with Crippen molar-refractivity contribution in [2.75, 3.05) is 13.6 Å². The number of aryl methyl sites for hydroxylation is 1. The second-order valence-corrected chi connectivity index (χ2v) is 7.01. The van der Waals surface area contributed by atoms with E-state index in [1.54, 1.807) is 32.2 Å². The van der Waals surface area contributed by atoms with E-state index >= 15 is 0 Å². The van der Waals surface area contributed by atoms with Crippen molar-refractivity contribution in [2.24, 2.45) is 5.73 Å². The highest BCUT2D eigenvalue weighted by Crippen LogP contribution is 2.19. The molecule has 0 aromatic heterocycles. The fourth-order valence-electron chi connectivity index (χ4n) is 1.75. The van der Waals surface area contributed by atoms with Crippen molar-refractivity contribution >= 4 is 27.2 Å². The van der Waals surface area contributed by atoms with E-state index in [0.29, 0.717) is 12.1 Å². The van der Waals surface area contributed by atoms with Crippen LogP contribution in [0, 0.1) is 6.92 Å². The van der Waals surface area contributed by atoms with Crippen LogP contribution >= 0.6 is 12.2 Å². The maximum Gasteiger partial charge on any atom is 0.242 e. The summed E-state index contributed by atoms with van der Waals surface area (Å²) in [6.07, 6.45) is 1.80. The van der Waals surface area contributed by atoms with Gasteiger partial charge in [0.2, 0.25) is 10.0 Å². The van der Waals surface area contributed by atoms with E-state index in [1.165, 1.54) is 4.31 Å². The zero-order valence-corrected chi connectivity index (χ0v) is 13.1. The van der Waals surface area contributed by atoms with Crippen molar-refractivity contribution in [3.8, 4) is 0 Å². The Kier molecular flexibility index (Phi) is 5.46. The highest BCUT2D eigenvalue weighted by molar-refractivity contribution is 7.89. The first kappa shape index (κ1) is 16.1. The van der Waals surface area contributed by atoms with Gasteiger partial charge in [0.1, 0.15) is 4.99 Å². The largest absolute Gasteiger partial charge is 0.389 e. The Bertz CT molecular complexity index is 568. The van der Waals surface area contributed by atoms with E-state index in [9.17, 15) is 8.42 Å². The summed E-state index contributed by atoms with van der Waals surface area (Å²) in [7, 11) is -1.83. The highest BCUT2D eigenvalue weighted by atomic mass is 32.2. The molecule has 1 aromatic rings. The minimum absolute atomic E-state index is 0.279. The quantitative estimate of drug-likeness (QED) is 0.817. The lowest BCUT2D eigenvalue weighted by molar-refractivity contribution is 0.459. The summed E-state index contributed by atoms with van der Waals surface area (Å²) in [6.45, 7) is 4.36. The van der Waals surface area contributed by atoms with Crippen molar-refractivity contribution in [3.63, 3.8) is 0 Å². The summed E-state index contributed by atoms with van der Waals surface area (Å²) >= 11 is 4.91. The van der Waals surface area contributed by atoms with E-state index in [-0.39, 0.29) is 9.88 Å². The van der Waals surface area contributed by atoms with Crippen LogP contribution in [0.3, 0.4) is 0 Å². The lowest BCUT2D eigenvalue weighted by atomic mass is 10.1. The van der Waals surface area contributed by atoms with Crippen LogP contribution in [0.15, 0.2) is 23.1 Å². The van der Waals surface area contributed by atoms with Crippen LogP contribution in [0.1, 0.15) is 30.9 Å². The normalized spacial score (nSPS) is 11.8. The van der Waals surface area contributed by atoms with Gasteiger partial charge in [0, 0.05) is 19.2 Å². The van der Waals surface area contributed by atoms with E-state index in [1.807, 2.05) is 6.92 Å². The number of sulfonamides is 1. The third kappa shape index (κ3) is 3.75. The van der Waals surface area contributed by atoms with E-state index in [0.717, 1.165) is 18.4 Å². The topological polar surface area (TPSA) is 63.4 Å². The molecule has 0 atom stereocenters. The van der Waals surface area contributed by atoms with Gasteiger partial charge in [0.15, 0.2) is 0 Å². The molecule has 0 bridgehead atoms. The molecule has 0 spiro atoms. The first-order valence-electron chi connectivity index (χ1n) is 6.17. The summed E-state index contributed by atoms with van der Waals surface area (Å²) in [5, 5.41) is 0. The molecular weight excluding hydrogens is 280 g/mol. The molecule has 19 heavy (non-hydrogen) atoms. The molecule has 0 aliphatic carbocycles. The maximum atomic E-state index is 12.3. The Labute approximate surface area is 120 Å². The van der Waals surface area contributed by atoms with Crippen molar-refractivity contribution in [3.05, 3.63) is 29.3 Å².